The Balaban J connectivity index is 1.47. The van der Waals surface area contributed by atoms with Crippen molar-refractivity contribution in [1.29, 1.82) is 0 Å². The largest absolute Gasteiger partial charge is 0.354 e. The average molecular weight is 444 g/mol. The molecule has 33 heavy (non-hydrogen) atoms. The van der Waals surface area contributed by atoms with E-state index in [0.29, 0.717) is 30.6 Å². The standard InChI is InChI=1S/C27H33N5O/c1-5-22(33)16-32-10-8-18(9-11-32)19-6-7-24-23(13-19)25(17(2)3)26(29-24)20-12-21-15-31(4)30-27(21)28-14-20/h6-7,12-15,17-18,29H,5,8-11,16H2,1-4H3. The molecule has 0 aliphatic carbocycles. The summed E-state index contributed by atoms with van der Waals surface area (Å²) < 4.78 is 1.81. The van der Waals surface area contributed by atoms with Crippen LogP contribution in [0.3, 0.4) is 0 Å². The highest BCUT2D eigenvalue weighted by atomic mass is 16.1. The number of benzene rings is 1. The fourth-order valence-corrected chi connectivity index (χ4v) is 5.27. The first kappa shape index (κ1) is 21.8. The number of carbonyl (C=O) groups is 1. The SMILES string of the molecule is CCC(=O)CN1CCC(c2ccc3[nH]c(-c4cnc5nn(C)cc5c4)c(C(C)C)c3c2)CC1. The first-order chi connectivity index (χ1) is 15.9. The average Bonchev–Trinajstić information content (AvgIpc) is 3.37. The third-order valence-corrected chi connectivity index (χ3v) is 7.06. The smallest absolute Gasteiger partial charge is 0.181 e. The number of piperidine rings is 1. The van der Waals surface area contributed by atoms with Crippen molar-refractivity contribution in [1.82, 2.24) is 24.6 Å². The van der Waals surface area contributed by atoms with E-state index in [-0.39, 0.29) is 0 Å². The molecule has 0 spiro atoms. The van der Waals surface area contributed by atoms with E-state index in [1.54, 1.807) is 0 Å². The van der Waals surface area contributed by atoms with Gasteiger partial charge in [0.05, 0.1) is 12.2 Å². The van der Waals surface area contributed by atoms with Crippen molar-refractivity contribution in [2.75, 3.05) is 19.6 Å². The van der Waals surface area contributed by atoms with Crippen molar-refractivity contribution in [3.8, 4) is 11.3 Å². The summed E-state index contributed by atoms with van der Waals surface area (Å²) >= 11 is 0. The van der Waals surface area contributed by atoms with Gasteiger partial charge in [0.2, 0.25) is 0 Å². The van der Waals surface area contributed by atoms with Crippen LogP contribution in [0.1, 0.15) is 63.0 Å². The lowest BCUT2D eigenvalue weighted by Gasteiger charge is -2.31. The number of nitrogens with one attached hydrogen (secondary N) is 1. The third kappa shape index (κ3) is 4.20. The number of aryl methyl sites for hydroxylation is 1. The molecule has 0 saturated carbocycles. The Kier molecular flexibility index (Phi) is 5.79. The van der Waals surface area contributed by atoms with E-state index in [1.807, 2.05) is 31.0 Å². The molecule has 0 amide bonds. The second-order valence-corrected chi connectivity index (χ2v) is 9.76. The van der Waals surface area contributed by atoms with E-state index >= 15 is 0 Å². The van der Waals surface area contributed by atoms with E-state index in [2.05, 4.69) is 58.1 Å². The molecule has 5 rings (SSSR count). The lowest BCUT2D eigenvalue weighted by atomic mass is 9.87. The van der Waals surface area contributed by atoms with E-state index in [4.69, 9.17) is 0 Å². The highest BCUT2D eigenvalue weighted by Crippen LogP contribution is 2.38. The first-order valence-electron chi connectivity index (χ1n) is 12.1. The number of nitrogens with zero attached hydrogens (tertiary/aromatic N) is 4. The monoisotopic (exact) mass is 443 g/mol. The Morgan fingerprint density at radius 3 is 2.73 bits per heavy atom. The fourth-order valence-electron chi connectivity index (χ4n) is 5.27. The molecule has 3 aromatic heterocycles. The molecule has 172 valence electrons. The van der Waals surface area contributed by atoms with E-state index < -0.39 is 0 Å². The third-order valence-electron chi connectivity index (χ3n) is 7.06. The quantitative estimate of drug-likeness (QED) is 0.433. The van der Waals surface area contributed by atoms with Crippen LogP contribution in [0.4, 0.5) is 0 Å². The topological polar surface area (TPSA) is 66.8 Å². The molecule has 1 N–H and O–H groups in total. The molecule has 0 bridgehead atoms. The van der Waals surface area contributed by atoms with Gasteiger partial charge in [0.15, 0.2) is 5.65 Å². The predicted molar refractivity (Wildman–Crippen MR) is 134 cm³/mol. The molecule has 0 unspecified atom stereocenters. The van der Waals surface area contributed by atoms with Gasteiger partial charge in [-0.1, -0.05) is 26.8 Å². The van der Waals surface area contributed by atoms with Gasteiger partial charge in [-0.25, -0.2) is 4.98 Å². The molecule has 1 fully saturated rings. The van der Waals surface area contributed by atoms with Gasteiger partial charge < -0.3 is 4.98 Å². The van der Waals surface area contributed by atoms with Crippen LogP contribution >= 0.6 is 0 Å². The van der Waals surface area contributed by atoms with Crippen LogP contribution in [0.2, 0.25) is 0 Å². The summed E-state index contributed by atoms with van der Waals surface area (Å²) in [5.41, 5.74) is 6.97. The lowest BCUT2D eigenvalue weighted by Crippen LogP contribution is -2.36. The van der Waals surface area contributed by atoms with E-state index in [9.17, 15) is 4.79 Å². The highest BCUT2D eigenvalue weighted by Gasteiger charge is 2.23. The van der Waals surface area contributed by atoms with Gasteiger partial charge in [0, 0.05) is 47.7 Å². The Morgan fingerprint density at radius 1 is 1.21 bits per heavy atom. The number of Topliss-reactive ketones (excluding diaryl/α,β-unsaturated/α-hetero) is 1. The molecule has 0 atom stereocenters. The summed E-state index contributed by atoms with van der Waals surface area (Å²) in [4.78, 5) is 22.4. The Hall–Kier alpha value is -2.99. The number of fused-ring (bicyclic) bond motifs is 2. The second kappa shape index (κ2) is 8.75. The molecule has 6 nitrogen and oxygen atoms in total. The molecular weight excluding hydrogens is 410 g/mol. The van der Waals surface area contributed by atoms with Crippen LogP contribution in [0.15, 0.2) is 36.7 Å². The zero-order chi connectivity index (χ0) is 23.1. The lowest BCUT2D eigenvalue weighted by molar-refractivity contribution is -0.120. The number of aromatic amines is 1. The van der Waals surface area contributed by atoms with Crippen LogP contribution in [-0.4, -0.2) is 50.1 Å². The van der Waals surface area contributed by atoms with Crippen LogP contribution in [0.25, 0.3) is 33.2 Å². The Morgan fingerprint density at radius 2 is 2.00 bits per heavy atom. The normalized spacial score (nSPS) is 15.8. The van der Waals surface area contributed by atoms with Crippen molar-refractivity contribution < 1.29 is 4.79 Å². The van der Waals surface area contributed by atoms with Gasteiger partial charge in [-0.05, 0) is 67.1 Å². The number of carbonyl (C=O) groups excluding carboxylic acids is 1. The predicted octanol–water partition coefficient (Wildman–Crippen LogP) is 5.40. The van der Waals surface area contributed by atoms with Gasteiger partial charge >= 0.3 is 0 Å². The maximum absolute atomic E-state index is 11.8. The van der Waals surface area contributed by atoms with Crippen LogP contribution in [0.5, 0.6) is 0 Å². The van der Waals surface area contributed by atoms with Gasteiger partial charge in [-0.2, -0.15) is 5.10 Å². The summed E-state index contributed by atoms with van der Waals surface area (Å²) in [6, 6.07) is 9.11. The molecular formula is C27H33N5O. The minimum absolute atomic E-state index is 0.343. The second-order valence-electron chi connectivity index (χ2n) is 9.76. The van der Waals surface area contributed by atoms with Crippen molar-refractivity contribution in [3.63, 3.8) is 0 Å². The molecule has 0 radical (unpaired) electrons. The Bertz CT molecular complexity index is 1310. The summed E-state index contributed by atoms with van der Waals surface area (Å²) in [6.45, 7) is 9.08. The van der Waals surface area contributed by atoms with E-state index in [1.165, 1.54) is 22.0 Å². The maximum atomic E-state index is 11.8. The summed E-state index contributed by atoms with van der Waals surface area (Å²) in [7, 11) is 1.93. The molecule has 6 heteroatoms. The number of ketones is 1. The van der Waals surface area contributed by atoms with Crippen molar-refractivity contribution in [3.05, 3.63) is 47.8 Å². The number of aromatic nitrogens is 4. The molecule has 1 saturated heterocycles. The van der Waals surface area contributed by atoms with Gasteiger partial charge in [-0.3, -0.25) is 14.4 Å². The molecule has 1 aliphatic rings. The number of rotatable bonds is 6. The molecule has 1 aromatic carbocycles. The van der Waals surface area contributed by atoms with E-state index in [0.717, 1.165) is 48.2 Å². The molecule has 1 aliphatic heterocycles. The minimum Gasteiger partial charge on any atom is -0.354 e. The number of H-pyrrole nitrogens is 1. The summed E-state index contributed by atoms with van der Waals surface area (Å²) in [5, 5.41) is 6.78. The number of hydrogen-bond donors (Lipinski definition) is 1. The zero-order valence-corrected chi connectivity index (χ0v) is 20.1. The van der Waals surface area contributed by atoms with Crippen molar-refractivity contribution in [2.45, 2.75) is 51.9 Å². The van der Waals surface area contributed by atoms with Gasteiger partial charge in [-0.15, -0.1) is 0 Å². The van der Waals surface area contributed by atoms with Crippen LogP contribution in [0, 0.1) is 0 Å². The summed E-state index contributed by atoms with van der Waals surface area (Å²) in [6.07, 6.45) is 6.80. The maximum Gasteiger partial charge on any atom is 0.181 e. The number of likely N-dealkylation sites (tertiary alicyclic amines) is 1. The van der Waals surface area contributed by atoms with Crippen LogP contribution < -0.4 is 0 Å². The van der Waals surface area contributed by atoms with Crippen molar-refractivity contribution in [2.24, 2.45) is 7.05 Å². The molecule has 4 aromatic rings. The number of hydrogen-bond acceptors (Lipinski definition) is 4. The van der Waals surface area contributed by atoms with Crippen LogP contribution in [-0.2, 0) is 11.8 Å². The zero-order valence-electron chi connectivity index (χ0n) is 20.1. The first-order valence-corrected chi connectivity index (χ1v) is 12.1. The Labute approximate surface area is 195 Å². The fraction of sp³-hybridized carbons (Fsp3) is 0.444. The summed E-state index contributed by atoms with van der Waals surface area (Å²) in [5.74, 6) is 1.28. The van der Waals surface area contributed by atoms with Gasteiger partial charge in [0.25, 0.3) is 0 Å². The molecule has 4 heterocycles. The highest BCUT2D eigenvalue weighted by molar-refractivity contribution is 5.93. The number of pyridine rings is 1. The van der Waals surface area contributed by atoms with Gasteiger partial charge in [0.1, 0.15) is 5.78 Å². The minimum atomic E-state index is 0.343. The van der Waals surface area contributed by atoms with Crippen molar-refractivity contribution >= 4 is 27.7 Å².